The van der Waals surface area contributed by atoms with Gasteiger partial charge in [-0.15, -0.1) is 0 Å². The molecule has 1 N–H and O–H groups in total. The number of benzene rings is 3. The van der Waals surface area contributed by atoms with Crippen LogP contribution in [0.3, 0.4) is 0 Å². The summed E-state index contributed by atoms with van der Waals surface area (Å²) in [5.74, 6) is -0.270. The van der Waals surface area contributed by atoms with Crippen molar-refractivity contribution in [2.75, 3.05) is 12.4 Å². The first kappa shape index (κ1) is 19.8. The van der Waals surface area contributed by atoms with Gasteiger partial charge in [-0.25, -0.2) is 4.79 Å². The first-order valence-electron chi connectivity index (χ1n) is 9.28. The summed E-state index contributed by atoms with van der Waals surface area (Å²) in [7, 11) is 1.52. The van der Waals surface area contributed by atoms with Gasteiger partial charge in [0.2, 0.25) is 0 Å². The van der Waals surface area contributed by atoms with Crippen molar-refractivity contribution in [2.24, 2.45) is 0 Å². The summed E-state index contributed by atoms with van der Waals surface area (Å²) >= 11 is 6.12. The van der Waals surface area contributed by atoms with Crippen LogP contribution >= 0.6 is 11.6 Å². The second kappa shape index (κ2) is 8.08. The Kier molecular flexibility index (Phi) is 5.33. The first-order valence-corrected chi connectivity index (χ1v) is 9.66. The lowest BCUT2D eigenvalue weighted by molar-refractivity contribution is 0.102. The van der Waals surface area contributed by atoms with Crippen LogP contribution in [0.15, 0.2) is 69.9 Å². The summed E-state index contributed by atoms with van der Waals surface area (Å²) < 4.78 is 12.0. The number of nitrogens with one attached hydrogen (secondary N) is 1. The molecule has 0 spiro atoms. The standard InChI is InChI=1S/C23H19ClN2O4/c1-14-3-5-15(6-4-14)13-26-19-11-16(7-9-21(19)30-23(26)28)22(27)25-17-8-10-20(29-2)18(24)12-17/h3-12H,13H2,1-2H3,(H,25,27). The van der Waals surface area contributed by atoms with Gasteiger partial charge in [0.05, 0.1) is 24.2 Å². The summed E-state index contributed by atoms with van der Waals surface area (Å²) in [6.07, 6.45) is 0. The summed E-state index contributed by atoms with van der Waals surface area (Å²) in [5, 5.41) is 3.20. The smallest absolute Gasteiger partial charge is 0.420 e. The van der Waals surface area contributed by atoms with Crippen LogP contribution in [0.1, 0.15) is 21.5 Å². The predicted octanol–water partition coefficient (Wildman–Crippen LogP) is 4.87. The molecule has 0 saturated carbocycles. The van der Waals surface area contributed by atoms with Gasteiger partial charge in [-0.1, -0.05) is 41.4 Å². The number of carbonyl (C=O) groups is 1. The van der Waals surface area contributed by atoms with Gasteiger partial charge in [-0.05, 0) is 48.9 Å². The van der Waals surface area contributed by atoms with E-state index in [1.165, 1.54) is 11.7 Å². The van der Waals surface area contributed by atoms with Gasteiger partial charge in [0, 0.05) is 11.3 Å². The van der Waals surface area contributed by atoms with Gasteiger partial charge in [-0.3, -0.25) is 9.36 Å². The predicted molar refractivity (Wildman–Crippen MR) is 117 cm³/mol. The lowest BCUT2D eigenvalue weighted by Gasteiger charge is -2.09. The second-order valence-corrected chi connectivity index (χ2v) is 7.33. The molecule has 30 heavy (non-hydrogen) atoms. The third kappa shape index (κ3) is 3.95. The van der Waals surface area contributed by atoms with E-state index in [2.05, 4.69) is 5.32 Å². The number of nitrogens with zero attached hydrogens (tertiary/aromatic N) is 1. The number of anilines is 1. The largest absolute Gasteiger partial charge is 0.495 e. The van der Waals surface area contributed by atoms with Crippen LogP contribution in [-0.2, 0) is 6.54 Å². The fraction of sp³-hybridized carbons (Fsp3) is 0.130. The van der Waals surface area contributed by atoms with Crippen LogP contribution in [0.4, 0.5) is 5.69 Å². The highest BCUT2D eigenvalue weighted by atomic mass is 35.5. The van der Waals surface area contributed by atoms with E-state index in [9.17, 15) is 9.59 Å². The van der Waals surface area contributed by atoms with Crippen LogP contribution in [-0.4, -0.2) is 17.6 Å². The van der Waals surface area contributed by atoms with Gasteiger partial charge in [0.15, 0.2) is 5.58 Å². The van der Waals surface area contributed by atoms with Gasteiger partial charge in [-0.2, -0.15) is 0 Å². The number of carbonyl (C=O) groups excluding carboxylic acids is 1. The van der Waals surface area contributed by atoms with E-state index in [1.807, 2.05) is 31.2 Å². The zero-order chi connectivity index (χ0) is 21.3. The Morgan fingerprint density at radius 1 is 1.10 bits per heavy atom. The molecule has 0 fully saturated rings. The Morgan fingerprint density at radius 3 is 2.57 bits per heavy atom. The molecule has 1 heterocycles. The Balaban J connectivity index is 1.63. The summed E-state index contributed by atoms with van der Waals surface area (Å²) in [6, 6.07) is 17.8. The van der Waals surface area contributed by atoms with Crippen molar-refractivity contribution in [1.82, 2.24) is 4.57 Å². The van der Waals surface area contributed by atoms with Crippen molar-refractivity contribution in [3.8, 4) is 5.75 Å². The minimum atomic E-state index is -0.468. The number of aromatic nitrogens is 1. The number of oxazole rings is 1. The number of hydrogen-bond acceptors (Lipinski definition) is 4. The van der Waals surface area contributed by atoms with Crippen molar-refractivity contribution in [3.63, 3.8) is 0 Å². The number of amides is 1. The van der Waals surface area contributed by atoms with Gasteiger partial charge in [0.25, 0.3) is 5.91 Å². The average Bonchev–Trinajstić information content (AvgIpc) is 3.04. The van der Waals surface area contributed by atoms with Crippen molar-refractivity contribution < 1.29 is 13.9 Å². The molecule has 0 radical (unpaired) electrons. The Labute approximate surface area is 177 Å². The number of hydrogen-bond donors (Lipinski definition) is 1. The molecule has 3 aromatic carbocycles. The van der Waals surface area contributed by atoms with E-state index < -0.39 is 5.76 Å². The fourth-order valence-electron chi connectivity index (χ4n) is 3.18. The van der Waals surface area contributed by atoms with Crippen LogP contribution in [0.2, 0.25) is 5.02 Å². The van der Waals surface area contributed by atoms with E-state index in [0.717, 1.165) is 11.1 Å². The molecule has 0 atom stereocenters. The number of rotatable bonds is 5. The number of fused-ring (bicyclic) bond motifs is 1. The van der Waals surface area contributed by atoms with E-state index in [-0.39, 0.29) is 5.91 Å². The maximum absolute atomic E-state index is 12.7. The first-order chi connectivity index (χ1) is 14.4. The van der Waals surface area contributed by atoms with Crippen molar-refractivity contribution in [1.29, 1.82) is 0 Å². The van der Waals surface area contributed by atoms with Crippen LogP contribution in [0.25, 0.3) is 11.1 Å². The third-order valence-corrected chi connectivity index (χ3v) is 5.10. The van der Waals surface area contributed by atoms with Crippen LogP contribution in [0, 0.1) is 6.92 Å². The summed E-state index contributed by atoms with van der Waals surface area (Å²) in [6.45, 7) is 2.36. The molecule has 0 unspecified atom stereocenters. The van der Waals surface area contributed by atoms with Crippen LogP contribution < -0.4 is 15.8 Å². The molecule has 7 heteroatoms. The summed E-state index contributed by atoms with van der Waals surface area (Å²) in [4.78, 5) is 25.1. The molecule has 6 nitrogen and oxygen atoms in total. The monoisotopic (exact) mass is 422 g/mol. The molecular formula is C23H19ClN2O4. The van der Waals surface area contributed by atoms with E-state index in [4.69, 9.17) is 20.8 Å². The minimum Gasteiger partial charge on any atom is -0.495 e. The zero-order valence-electron chi connectivity index (χ0n) is 16.4. The van der Waals surface area contributed by atoms with Gasteiger partial charge < -0.3 is 14.5 Å². The Bertz CT molecular complexity index is 1290. The SMILES string of the molecule is COc1ccc(NC(=O)c2ccc3oc(=O)n(Cc4ccc(C)cc4)c3c2)cc1Cl. The highest BCUT2D eigenvalue weighted by molar-refractivity contribution is 6.32. The number of halogens is 1. The van der Waals surface area contributed by atoms with Crippen molar-refractivity contribution in [3.05, 3.63) is 92.9 Å². The maximum atomic E-state index is 12.7. The molecule has 0 aliphatic rings. The number of ether oxygens (including phenoxy) is 1. The maximum Gasteiger partial charge on any atom is 0.420 e. The Hall–Kier alpha value is -3.51. The molecular weight excluding hydrogens is 404 g/mol. The highest BCUT2D eigenvalue weighted by Gasteiger charge is 2.14. The lowest BCUT2D eigenvalue weighted by atomic mass is 10.1. The molecule has 0 bridgehead atoms. The number of methoxy groups -OCH3 is 1. The third-order valence-electron chi connectivity index (χ3n) is 4.80. The van der Waals surface area contributed by atoms with Crippen molar-refractivity contribution >= 4 is 34.3 Å². The topological polar surface area (TPSA) is 73.5 Å². The molecule has 152 valence electrons. The lowest BCUT2D eigenvalue weighted by Crippen LogP contribution is -2.15. The summed E-state index contributed by atoms with van der Waals surface area (Å²) in [5.41, 5.74) is 4.02. The van der Waals surface area contributed by atoms with E-state index in [1.54, 1.807) is 36.4 Å². The second-order valence-electron chi connectivity index (χ2n) is 6.93. The van der Waals surface area contributed by atoms with Crippen molar-refractivity contribution in [2.45, 2.75) is 13.5 Å². The quantitative estimate of drug-likeness (QED) is 0.498. The average molecular weight is 423 g/mol. The van der Waals surface area contributed by atoms with Gasteiger partial charge >= 0.3 is 5.76 Å². The molecule has 0 saturated heterocycles. The fourth-order valence-corrected chi connectivity index (χ4v) is 3.43. The zero-order valence-corrected chi connectivity index (χ0v) is 17.2. The molecule has 1 amide bonds. The molecule has 0 aliphatic carbocycles. The Morgan fingerprint density at radius 2 is 1.87 bits per heavy atom. The van der Waals surface area contributed by atoms with Crippen LogP contribution in [0.5, 0.6) is 5.75 Å². The normalized spacial score (nSPS) is 10.9. The highest BCUT2D eigenvalue weighted by Crippen LogP contribution is 2.27. The number of aryl methyl sites for hydroxylation is 1. The molecule has 1 aromatic heterocycles. The molecule has 4 rings (SSSR count). The van der Waals surface area contributed by atoms with Gasteiger partial charge in [0.1, 0.15) is 5.75 Å². The van der Waals surface area contributed by atoms with E-state index >= 15 is 0 Å². The molecule has 0 aliphatic heterocycles. The molecule has 4 aromatic rings. The van der Waals surface area contributed by atoms with E-state index in [0.29, 0.717) is 39.7 Å². The minimum absolute atomic E-state index is 0.325.